The molecule has 1 aromatic carbocycles. The molecule has 0 spiro atoms. The van der Waals surface area contributed by atoms with E-state index in [1.165, 1.54) is 0 Å². The predicted molar refractivity (Wildman–Crippen MR) is 91.5 cm³/mol. The van der Waals surface area contributed by atoms with Gasteiger partial charge in [0.15, 0.2) is 0 Å². The highest BCUT2D eigenvalue weighted by atomic mass is 16.1. The second-order valence-corrected chi connectivity index (χ2v) is 5.75. The summed E-state index contributed by atoms with van der Waals surface area (Å²) in [5.74, 6) is -0.0960. The number of amides is 1. The third-order valence-corrected chi connectivity index (χ3v) is 3.90. The summed E-state index contributed by atoms with van der Waals surface area (Å²) >= 11 is 0. The average molecular weight is 323 g/mol. The van der Waals surface area contributed by atoms with Crippen molar-refractivity contribution in [2.75, 3.05) is 0 Å². The second kappa shape index (κ2) is 7.59. The Morgan fingerprint density at radius 1 is 1.29 bits per heavy atom. The average Bonchev–Trinajstić information content (AvgIpc) is 3.27. The summed E-state index contributed by atoms with van der Waals surface area (Å²) in [4.78, 5) is 16.4. The molecule has 3 aromatic rings. The van der Waals surface area contributed by atoms with Gasteiger partial charge in [0.25, 0.3) is 5.91 Å². The van der Waals surface area contributed by atoms with E-state index in [9.17, 15) is 4.79 Å². The first-order chi connectivity index (χ1) is 11.7. The summed E-state index contributed by atoms with van der Waals surface area (Å²) in [5.41, 5.74) is 1.73. The van der Waals surface area contributed by atoms with Crippen molar-refractivity contribution >= 4 is 5.91 Å². The highest BCUT2D eigenvalue weighted by molar-refractivity contribution is 5.93. The van der Waals surface area contributed by atoms with E-state index < -0.39 is 0 Å². The number of hydrogen-bond donors (Lipinski definition) is 1. The van der Waals surface area contributed by atoms with Crippen molar-refractivity contribution in [1.29, 1.82) is 0 Å². The summed E-state index contributed by atoms with van der Waals surface area (Å²) in [6, 6.07) is 10.1. The molecule has 0 aliphatic heterocycles. The van der Waals surface area contributed by atoms with E-state index in [4.69, 9.17) is 0 Å². The molecule has 1 amide bonds. The first-order valence-corrected chi connectivity index (χ1v) is 8.07. The summed E-state index contributed by atoms with van der Waals surface area (Å²) < 4.78 is 3.74. The third-order valence-electron chi connectivity index (χ3n) is 3.90. The first kappa shape index (κ1) is 16.0. The van der Waals surface area contributed by atoms with E-state index >= 15 is 0 Å². The summed E-state index contributed by atoms with van der Waals surface area (Å²) in [7, 11) is 0. The van der Waals surface area contributed by atoms with Crippen LogP contribution in [0.25, 0.3) is 0 Å². The number of hydrogen-bond acceptors (Lipinski definition) is 3. The number of imidazole rings is 1. The monoisotopic (exact) mass is 323 g/mol. The summed E-state index contributed by atoms with van der Waals surface area (Å²) in [5, 5.41) is 7.34. The molecular formula is C18H21N5O. The zero-order valence-corrected chi connectivity index (χ0v) is 13.7. The van der Waals surface area contributed by atoms with E-state index in [0.717, 1.165) is 12.0 Å². The van der Waals surface area contributed by atoms with E-state index in [2.05, 4.69) is 22.3 Å². The van der Waals surface area contributed by atoms with Gasteiger partial charge in [-0.3, -0.25) is 9.48 Å². The second-order valence-electron chi connectivity index (χ2n) is 5.75. The lowest BCUT2D eigenvalue weighted by molar-refractivity contribution is 0.0932. The molecule has 0 fully saturated rings. The number of rotatable bonds is 7. The standard InChI is InChI=1S/C18H21N5O/c1-2-17(13-22-9-8-19-14-22)21-18(24)16-10-20-23(12-16)11-15-6-4-3-5-7-15/h3-10,12,14,17H,2,11,13H2,1H3,(H,21,24)/t17-/m1/s1. The highest BCUT2D eigenvalue weighted by Gasteiger charge is 2.14. The number of aromatic nitrogens is 4. The fourth-order valence-electron chi connectivity index (χ4n) is 2.53. The predicted octanol–water partition coefficient (Wildman–Crippen LogP) is 2.34. The minimum atomic E-state index is -0.0960. The van der Waals surface area contributed by atoms with Crippen molar-refractivity contribution in [1.82, 2.24) is 24.6 Å². The van der Waals surface area contributed by atoms with Gasteiger partial charge in [-0.1, -0.05) is 37.3 Å². The van der Waals surface area contributed by atoms with Crippen LogP contribution >= 0.6 is 0 Å². The van der Waals surface area contributed by atoms with E-state index in [1.807, 2.05) is 41.1 Å². The Labute approximate surface area is 141 Å². The maximum Gasteiger partial charge on any atom is 0.254 e. The Morgan fingerprint density at radius 3 is 2.83 bits per heavy atom. The first-order valence-electron chi connectivity index (χ1n) is 8.07. The molecule has 1 atom stereocenters. The van der Waals surface area contributed by atoms with Crippen molar-refractivity contribution < 1.29 is 4.79 Å². The normalized spacial score (nSPS) is 12.0. The van der Waals surface area contributed by atoms with Gasteiger partial charge in [0, 0.05) is 31.2 Å². The summed E-state index contributed by atoms with van der Waals surface area (Å²) in [6.45, 7) is 3.42. The molecule has 0 aliphatic rings. The molecule has 6 heteroatoms. The topological polar surface area (TPSA) is 64.7 Å². The maximum atomic E-state index is 12.4. The third kappa shape index (κ3) is 4.10. The van der Waals surface area contributed by atoms with Gasteiger partial charge in [0.2, 0.25) is 0 Å². The van der Waals surface area contributed by atoms with Crippen LogP contribution in [0, 0.1) is 0 Å². The van der Waals surface area contributed by atoms with Crippen molar-refractivity contribution in [3.63, 3.8) is 0 Å². The van der Waals surface area contributed by atoms with Crippen molar-refractivity contribution in [2.24, 2.45) is 0 Å². The van der Waals surface area contributed by atoms with Crippen LogP contribution in [-0.4, -0.2) is 31.3 Å². The molecule has 6 nitrogen and oxygen atoms in total. The molecular weight excluding hydrogens is 302 g/mol. The van der Waals surface area contributed by atoms with Gasteiger partial charge in [-0.2, -0.15) is 5.10 Å². The smallest absolute Gasteiger partial charge is 0.254 e. The van der Waals surface area contributed by atoms with Gasteiger partial charge in [0.05, 0.1) is 24.6 Å². The molecule has 124 valence electrons. The van der Waals surface area contributed by atoms with Crippen LogP contribution in [0.3, 0.4) is 0 Å². The van der Waals surface area contributed by atoms with E-state index in [0.29, 0.717) is 18.7 Å². The molecule has 0 radical (unpaired) electrons. The van der Waals surface area contributed by atoms with E-state index in [-0.39, 0.29) is 11.9 Å². The van der Waals surface area contributed by atoms with Crippen LogP contribution in [0.4, 0.5) is 0 Å². The molecule has 0 unspecified atom stereocenters. The lowest BCUT2D eigenvalue weighted by atomic mass is 10.2. The van der Waals surface area contributed by atoms with E-state index in [1.54, 1.807) is 29.6 Å². The fraction of sp³-hybridized carbons (Fsp3) is 0.278. The summed E-state index contributed by atoms with van der Waals surface area (Å²) in [6.07, 6.45) is 9.64. The quantitative estimate of drug-likeness (QED) is 0.726. The molecule has 2 aromatic heterocycles. The number of nitrogens with one attached hydrogen (secondary N) is 1. The van der Waals surface area contributed by atoms with Gasteiger partial charge in [0.1, 0.15) is 0 Å². The van der Waals surface area contributed by atoms with Crippen molar-refractivity contribution in [3.05, 3.63) is 72.6 Å². The van der Waals surface area contributed by atoms with Crippen molar-refractivity contribution in [3.8, 4) is 0 Å². The molecule has 24 heavy (non-hydrogen) atoms. The molecule has 0 aliphatic carbocycles. The largest absolute Gasteiger partial charge is 0.347 e. The van der Waals surface area contributed by atoms with Gasteiger partial charge < -0.3 is 9.88 Å². The lowest BCUT2D eigenvalue weighted by Crippen LogP contribution is -2.37. The lowest BCUT2D eigenvalue weighted by Gasteiger charge is -2.16. The Balaban J connectivity index is 1.60. The fourth-order valence-corrected chi connectivity index (χ4v) is 2.53. The highest BCUT2D eigenvalue weighted by Crippen LogP contribution is 2.05. The zero-order valence-electron chi connectivity index (χ0n) is 13.7. The van der Waals surface area contributed by atoms with Gasteiger partial charge in [-0.05, 0) is 12.0 Å². The Morgan fingerprint density at radius 2 is 2.12 bits per heavy atom. The number of nitrogens with zero attached hydrogens (tertiary/aromatic N) is 4. The van der Waals surface area contributed by atoms with Crippen LogP contribution in [0.1, 0.15) is 29.3 Å². The van der Waals surface area contributed by atoms with Crippen LogP contribution in [0.2, 0.25) is 0 Å². The number of carbonyl (C=O) groups excluding carboxylic acids is 1. The van der Waals surface area contributed by atoms with Crippen LogP contribution < -0.4 is 5.32 Å². The van der Waals surface area contributed by atoms with Gasteiger partial charge >= 0.3 is 0 Å². The Hall–Kier alpha value is -2.89. The van der Waals surface area contributed by atoms with Crippen LogP contribution in [-0.2, 0) is 13.1 Å². The zero-order chi connectivity index (χ0) is 16.8. The minimum Gasteiger partial charge on any atom is -0.347 e. The molecule has 0 bridgehead atoms. The van der Waals surface area contributed by atoms with Gasteiger partial charge in [-0.15, -0.1) is 0 Å². The van der Waals surface area contributed by atoms with Gasteiger partial charge in [-0.25, -0.2) is 4.98 Å². The maximum absolute atomic E-state index is 12.4. The number of benzene rings is 1. The van der Waals surface area contributed by atoms with Crippen LogP contribution in [0.5, 0.6) is 0 Å². The SMILES string of the molecule is CC[C@H](Cn1ccnc1)NC(=O)c1cnn(Cc2ccccc2)c1. The molecule has 1 N–H and O–H groups in total. The molecule has 0 saturated carbocycles. The van der Waals surface area contributed by atoms with Crippen LogP contribution in [0.15, 0.2) is 61.4 Å². The molecule has 2 heterocycles. The molecule has 0 saturated heterocycles. The number of carbonyl (C=O) groups is 1. The van der Waals surface area contributed by atoms with Crippen molar-refractivity contribution in [2.45, 2.75) is 32.5 Å². The molecule has 3 rings (SSSR count). The Kier molecular flexibility index (Phi) is 5.05. The minimum absolute atomic E-state index is 0.0594. The Bertz CT molecular complexity index is 764.